The zero-order chi connectivity index (χ0) is 21.5. The number of carbonyl (C=O) groups is 3. The molecule has 6 nitrogen and oxygen atoms in total. The quantitative estimate of drug-likeness (QED) is 0.557. The van der Waals surface area contributed by atoms with E-state index in [-0.39, 0.29) is 24.2 Å². The van der Waals surface area contributed by atoms with Crippen LogP contribution < -0.4 is 5.32 Å². The van der Waals surface area contributed by atoms with Crippen LogP contribution in [0.15, 0.2) is 23.6 Å². The van der Waals surface area contributed by atoms with Crippen molar-refractivity contribution < 1.29 is 14.4 Å². The number of carbonyl (C=O) groups excluding carboxylic acids is 3. The number of hydrogen-bond donors (Lipinski definition) is 1. The number of Topliss-reactive ketones (excluding diaryl/α,β-unsaturated/α-hetero) is 1. The van der Waals surface area contributed by atoms with Gasteiger partial charge in [0.05, 0.1) is 6.54 Å². The van der Waals surface area contributed by atoms with Crippen LogP contribution in [0.4, 0.5) is 4.79 Å². The molecule has 4 rings (SSSR count). The van der Waals surface area contributed by atoms with Crippen LogP contribution in [-0.2, 0) is 17.8 Å². The Morgan fingerprint density at radius 2 is 2.10 bits per heavy atom. The van der Waals surface area contributed by atoms with Crippen LogP contribution in [0.3, 0.4) is 0 Å². The summed E-state index contributed by atoms with van der Waals surface area (Å²) >= 11 is 1.73. The highest BCUT2D eigenvalue weighted by molar-refractivity contribution is 7.09. The summed E-state index contributed by atoms with van der Waals surface area (Å²) in [5, 5.41) is 4.99. The number of aromatic nitrogens is 1. The van der Waals surface area contributed by atoms with Crippen LogP contribution in [0.5, 0.6) is 0 Å². The van der Waals surface area contributed by atoms with Gasteiger partial charge in [0.25, 0.3) is 5.91 Å². The van der Waals surface area contributed by atoms with Crippen molar-refractivity contribution in [3.05, 3.63) is 45.4 Å². The summed E-state index contributed by atoms with van der Waals surface area (Å²) in [4.78, 5) is 41.3. The van der Waals surface area contributed by atoms with E-state index in [4.69, 9.17) is 0 Å². The lowest BCUT2D eigenvalue weighted by Crippen LogP contribution is -2.54. The van der Waals surface area contributed by atoms with Crippen molar-refractivity contribution in [3.63, 3.8) is 0 Å². The number of amides is 3. The molecule has 7 heteroatoms. The van der Waals surface area contributed by atoms with Gasteiger partial charge in [-0.2, -0.15) is 0 Å². The van der Waals surface area contributed by atoms with Gasteiger partial charge in [0.2, 0.25) is 0 Å². The highest BCUT2D eigenvalue weighted by Crippen LogP contribution is 2.38. The lowest BCUT2D eigenvalue weighted by molar-refractivity contribution is -0.133. The number of rotatable bonds is 6. The zero-order valence-electron chi connectivity index (χ0n) is 17.9. The van der Waals surface area contributed by atoms with Gasteiger partial charge in [-0.25, -0.2) is 4.79 Å². The van der Waals surface area contributed by atoms with Crippen LogP contribution in [-0.4, -0.2) is 39.3 Å². The molecule has 3 heterocycles. The van der Waals surface area contributed by atoms with Gasteiger partial charge < -0.3 is 9.88 Å². The number of thiophene rings is 1. The van der Waals surface area contributed by atoms with Gasteiger partial charge in [-0.3, -0.25) is 14.5 Å². The molecule has 1 saturated carbocycles. The second-order valence-electron chi connectivity index (χ2n) is 8.63. The van der Waals surface area contributed by atoms with Gasteiger partial charge in [-0.05, 0) is 56.5 Å². The Kier molecular flexibility index (Phi) is 5.57. The largest absolute Gasteiger partial charge is 0.348 e. The van der Waals surface area contributed by atoms with Gasteiger partial charge in [0, 0.05) is 28.4 Å². The molecule has 1 N–H and O–H groups in total. The minimum atomic E-state index is -0.826. The summed E-state index contributed by atoms with van der Waals surface area (Å²) in [6, 6.07) is 5.60. The van der Waals surface area contributed by atoms with Gasteiger partial charge in [-0.1, -0.05) is 25.8 Å². The molecule has 1 spiro atoms. The fourth-order valence-corrected chi connectivity index (χ4v) is 5.67. The smallest absolute Gasteiger partial charge is 0.325 e. The second kappa shape index (κ2) is 8.02. The van der Waals surface area contributed by atoms with Crippen molar-refractivity contribution in [2.75, 3.05) is 6.54 Å². The molecule has 0 radical (unpaired) electrons. The summed E-state index contributed by atoms with van der Waals surface area (Å²) in [6.45, 7) is 6.54. The van der Waals surface area contributed by atoms with E-state index in [1.165, 1.54) is 4.88 Å². The first-order valence-electron chi connectivity index (χ1n) is 10.7. The van der Waals surface area contributed by atoms with Crippen molar-refractivity contribution in [3.8, 4) is 0 Å². The number of imide groups is 1. The number of urea groups is 1. The summed E-state index contributed by atoms with van der Waals surface area (Å²) in [5.41, 5.74) is 1.67. The topological polar surface area (TPSA) is 71.4 Å². The highest BCUT2D eigenvalue weighted by atomic mass is 32.1. The highest BCUT2D eigenvalue weighted by Gasteiger charge is 2.55. The first-order chi connectivity index (χ1) is 14.3. The number of hydrogen-bond acceptors (Lipinski definition) is 4. The van der Waals surface area contributed by atoms with Crippen LogP contribution in [0, 0.1) is 19.8 Å². The van der Waals surface area contributed by atoms with E-state index in [1.807, 2.05) is 32.9 Å². The Morgan fingerprint density at radius 1 is 1.30 bits per heavy atom. The molecule has 2 aliphatic rings. The maximum Gasteiger partial charge on any atom is 0.325 e. The SMILES string of the molecule is Cc1cc(C(=O)CN2C(=O)NC3(CCCCC3C)C2=O)c(C)n1CCc1cccs1. The zero-order valence-corrected chi connectivity index (χ0v) is 18.7. The van der Waals surface area contributed by atoms with Gasteiger partial charge in [-0.15, -0.1) is 11.3 Å². The molecular weight excluding hydrogens is 398 g/mol. The molecular formula is C23H29N3O3S. The lowest BCUT2D eigenvalue weighted by Gasteiger charge is -2.36. The van der Waals surface area contributed by atoms with E-state index in [0.717, 1.165) is 48.5 Å². The number of nitrogens with zero attached hydrogens (tertiary/aromatic N) is 2. The molecule has 2 unspecified atom stereocenters. The van der Waals surface area contributed by atoms with Gasteiger partial charge >= 0.3 is 6.03 Å². The Labute approximate surface area is 181 Å². The van der Waals surface area contributed by atoms with E-state index in [2.05, 4.69) is 21.3 Å². The van der Waals surface area contributed by atoms with E-state index in [0.29, 0.717) is 12.0 Å². The third-order valence-corrected chi connectivity index (χ3v) is 7.78. The van der Waals surface area contributed by atoms with E-state index >= 15 is 0 Å². The molecule has 0 aromatic carbocycles. The van der Waals surface area contributed by atoms with E-state index in [1.54, 1.807) is 11.3 Å². The maximum absolute atomic E-state index is 13.1. The molecule has 3 amide bonds. The third kappa shape index (κ3) is 3.49. The van der Waals surface area contributed by atoms with E-state index in [9.17, 15) is 14.4 Å². The Bertz CT molecular complexity index is 978. The molecule has 2 aromatic rings. The predicted molar refractivity (Wildman–Crippen MR) is 117 cm³/mol. The van der Waals surface area contributed by atoms with Gasteiger partial charge in [0.1, 0.15) is 5.54 Å². The summed E-state index contributed by atoms with van der Waals surface area (Å²) in [5.74, 6) is -0.334. The lowest BCUT2D eigenvalue weighted by atomic mass is 9.73. The average molecular weight is 428 g/mol. The summed E-state index contributed by atoms with van der Waals surface area (Å²) in [6.07, 6.45) is 4.47. The fraction of sp³-hybridized carbons (Fsp3) is 0.522. The van der Waals surface area contributed by atoms with Crippen molar-refractivity contribution in [1.82, 2.24) is 14.8 Å². The number of nitrogens with one attached hydrogen (secondary N) is 1. The predicted octanol–water partition coefficient (Wildman–Crippen LogP) is 4.09. The normalized spacial score (nSPS) is 24.0. The van der Waals surface area contributed by atoms with Crippen LogP contribution in [0.25, 0.3) is 0 Å². The van der Waals surface area contributed by atoms with Crippen molar-refractivity contribution in [2.24, 2.45) is 5.92 Å². The first kappa shape index (κ1) is 20.8. The van der Waals surface area contributed by atoms with Crippen molar-refractivity contribution in [2.45, 2.75) is 65.0 Å². The van der Waals surface area contributed by atoms with Crippen molar-refractivity contribution in [1.29, 1.82) is 0 Å². The number of ketones is 1. The first-order valence-corrected chi connectivity index (χ1v) is 11.6. The molecule has 2 atom stereocenters. The Hall–Kier alpha value is -2.41. The van der Waals surface area contributed by atoms with Crippen LogP contribution in [0.1, 0.15) is 59.2 Å². The van der Waals surface area contributed by atoms with E-state index < -0.39 is 11.6 Å². The summed E-state index contributed by atoms with van der Waals surface area (Å²) in [7, 11) is 0. The monoisotopic (exact) mass is 427 g/mol. The standard InChI is InChI=1S/C23H29N3O3S/c1-15-7-4-5-10-23(15)21(28)26(22(29)24-23)14-20(27)19-13-16(2)25(17(19)3)11-9-18-8-6-12-30-18/h6,8,12-13,15H,4-5,7,9-11,14H2,1-3H3,(H,24,29). The van der Waals surface area contributed by atoms with Crippen molar-refractivity contribution >= 4 is 29.1 Å². The molecule has 2 aromatic heterocycles. The minimum absolute atomic E-state index is 0.0881. The summed E-state index contributed by atoms with van der Waals surface area (Å²) < 4.78 is 2.14. The molecule has 1 saturated heterocycles. The fourth-order valence-electron chi connectivity index (χ4n) is 4.97. The average Bonchev–Trinajstić information content (AvgIpc) is 3.38. The molecule has 1 aliphatic carbocycles. The molecule has 1 aliphatic heterocycles. The maximum atomic E-state index is 13.1. The second-order valence-corrected chi connectivity index (χ2v) is 9.66. The molecule has 0 bridgehead atoms. The Balaban J connectivity index is 1.49. The minimum Gasteiger partial charge on any atom is -0.348 e. The molecule has 160 valence electrons. The van der Waals surface area contributed by atoms with Crippen LogP contribution in [0.2, 0.25) is 0 Å². The third-order valence-electron chi connectivity index (χ3n) is 6.84. The molecule has 30 heavy (non-hydrogen) atoms. The Morgan fingerprint density at radius 3 is 2.80 bits per heavy atom. The van der Waals surface area contributed by atoms with Crippen LogP contribution >= 0.6 is 11.3 Å². The van der Waals surface area contributed by atoms with Gasteiger partial charge in [0.15, 0.2) is 5.78 Å². The molecule has 2 fully saturated rings. The number of aryl methyl sites for hydroxylation is 2.